The summed E-state index contributed by atoms with van der Waals surface area (Å²) in [5, 5.41) is 3.40. The number of nitrogens with zero attached hydrogens (tertiary/aromatic N) is 1. The number of pyridine rings is 1. The van der Waals surface area contributed by atoms with Crippen LogP contribution in [-0.2, 0) is 6.54 Å². The van der Waals surface area contributed by atoms with E-state index in [1.54, 1.807) is 0 Å². The minimum absolute atomic E-state index is 0.668. The van der Waals surface area contributed by atoms with Crippen LogP contribution in [0.25, 0.3) is 0 Å². The molecule has 1 aliphatic rings. The van der Waals surface area contributed by atoms with Crippen LogP contribution in [-0.4, -0.2) is 18.1 Å². The van der Waals surface area contributed by atoms with Crippen LogP contribution in [0.15, 0.2) is 18.2 Å². The van der Waals surface area contributed by atoms with Crippen LogP contribution in [0, 0.1) is 11.8 Å². The van der Waals surface area contributed by atoms with Gasteiger partial charge < -0.3 is 10.1 Å². The monoisotopic (exact) mass is 262 g/mol. The molecule has 0 amide bonds. The van der Waals surface area contributed by atoms with Gasteiger partial charge in [0.2, 0.25) is 5.88 Å². The molecule has 106 valence electrons. The zero-order chi connectivity index (χ0) is 13.5. The van der Waals surface area contributed by atoms with E-state index in [2.05, 4.69) is 24.1 Å². The van der Waals surface area contributed by atoms with Crippen molar-refractivity contribution in [3.05, 3.63) is 23.9 Å². The van der Waals surface area contributed by atoms with E-state index in [-0.39, 0.29) is 0 Å². The Hall–Kier alpha value is -1.09. The quantitative estimate of drug-likeness (QED) is 0.779. The van der Waals surface area contributed by atoms with Crippen LogP contribution in [0.4, 0.5) is 0 Å². The molecule has 0 atom stereocenters. The largest absolute Gasteiger partial charge is 0.478 e. The van der Waals surface area contributed by atoms with Gasteiger partial charge >= 0.3 is 0 Å². The first-order valence-corrected chi connectivity index (χ1v) is 7.53. The molecule has 19 heavy (non-hydrogen) atoms. The first-order chi connectivity index (χ1) is 9.24. The van der Waals surface area contributed by atoms with Gasteiger partial charge in [0, 0.05) is 12.6 Å². The van der Waals surface area contributed by atoms with Crippen molar-refractivity contribution in [1.82, 2.24) is 10.3 Å². The van der Waals surface area contributed by atoms with Crippen molar-refractivity contribution < 1.29 is 4.74 Å². The molecule has 1 heterocycles. The molecule has 0 aromatic carbocycles. The Morgan fingerprint density at radius 3 is 2.89 bits per heavy atom. The Kier molecular flexibility index (Phi) is 5.64. The number of aromatic nitrogens is 1. The van der Waals surface area contributed by atoms with E-state index in [4.69, 9.17) is 4.74 Å². The highest BCUT2D eigenvalue weighted by molar-refractivity contribution is 5.15. The minimum atomic E-state index is 0.668. The third kappa shape index (κ3) is 5.19. The van der Waals surface area contributed by atoms with E-state index in [0.717, 1.165) is 37.2 Å². The van der Waals surface area contributed by atoms with Crippen molar-refractivity contribution in [2.45, 2.75) is 46.1 Å². The average Bonchev–Trinajstić information content (AvgIpc) is 2.32. The number of hydrogen-bond donors (Lipinski definition) is 1. The second kappa shape index (κ2) is 7.49. The van der Waals surface area contributed by atoms with Crippen molar-refractivity contribution in [2.24, 2.45) is 11.8 Å². The minimum Gasteiger partial charge on any atom is -0.478 e. The topological polar surface area (TPSA) is 34.1 Å². The van der Waals surface area contributed by atoms with Crippen molar-refractivity contribution >= 4 is 0 Å². The zero-order valence-corrected chi connectivity index (χ0v) is 12.2. The Morgan fingerprint density at radius 2 is 2.21 bits per heavy atom. The highest BCUT2D eigenvalue weighted by atomic mass is 16.5. The Bertz CT molecular complexity index is 375. The zero-order valence-electron chi connectivity index (χ0n) is 12.2. The average molecular weight is 262 g/mol. The smallest absolute Gasteiger partial charge is 0.213 e. The lowest BCUT2D eigenvalue weighted by atomic mass is 9.83. The van der Waals surface area contributed by atoms with Gasteiger partial charge in [-0.15, -0.1) is 0 Å². The van der Waals surface area contributed by atoms with Gasteiger partial charge in [-0.2, -0.15) is 0 Å². The third-order valence-corrected chi connectivity index (χ3v) is 3.64. The molecule has 0 radical (unpaired) electrons. The van der Waals surface area contributed by atoms with Crippen LogP contribution in [0.5, 0.6) is 5.88 Å². The first-order valence-electron chi connectivity index (χ1n) is 7.53. The Morgan fingerprint density at radius 1 is 1.37 bits per heavy atom. The maximum Gasteiger partial charge on any atom is 0.213 e. The van der Waals surface area contributed by atoms with Crippen molar-refractivity contribution in [2.75, 3.05) is 13.2 Å². The normalized spacial score (nSPS) is 15.5. The first kappa shape index (κ1) is 14.3. The van der Waals surface area contributed by atoms with Crippen LogP contribution >= 0.6 is 0 Å². The fourth-order valence-electron chi connectivity index (χ4n) is 2.24. The molecular weight excluding hydrogens is 236 g/mol. The number of ether oxygens (including phenoxy) is 1. The second-order valence-electron chi connectivity index (χ2n) is 5.93. The Labute approximate surface area is 116 Å². The van der Waals surface area contributed by atoms with Gasteiger partial charge in [0.15, 0.2) is 0 Å². The van der Waals surface area contributed by atoms with E-state index >= 15 is 0 Å². The fourth-order valence-corrected chi connectivity index (χ4v) is 2.24. The molecule has 1 fully saturated rings. The van der Waals surface area contributed by atoms with Crippen LogP contribution in [0.2, 0.25) is 0 Å². The van der Waals surface area contributed by atoms with Gasteiger partial charge in [0.25, 0.3) is 0 Å². The summed E-state index contributed by atoms with van der Waals surface area (Å²) < 4.78 is 5.74. The molecule has 2 rings (SSSR count). The molecule has 3 heteroatoms. The van der Waals surface area contributed by atoms with Crippen LogP contribution in [0.1, 0.15) is 45.2 Å². The summed E-state index contributed by atoms with van der Waals surface area (Å²) in [6, 6.07) is 6.02. The summed E-state index contributed by atoms with van der Waals surface area (Å²) in [7, 11) is 0. The number of rotatable bonds is 8. The molecular formula is C16H26N2O. The van der Waals surface area contributed by atoms with E-state index < -0.39 is 0 Å². The predicted molar refractivity (Wildman–Crippen MR) is 78.2 cm³/mol. The third-order valence-electron chi connectivity index (χ3n) is 3.64. The summed E-state index contributed by atoms with van der Waals surface area (Å²) in [6.45, 7) is 7.06. The molecule has 0 bridgehead atoms. The predicted octanol–water partition coefficient (Wildman–Crippen LogP) is 3.40. The van der Waals surface area contributed by atoms with Gasteiger partial charge in [0.1, 0.15) is 0 Å². The Balaban J connectivity index is 1.71. The van der Waals surface area contributed by atoms with E-state index in [9.17, 15) is 0 Å². The van der Waals surface area contributed by atoms with Crippen molar-refractivity contribution in [3.63, 3.8) is 0 Å². The summed E-state index contributed by atoms with van der Waals surface area (Å²) in [5.74, 6) is 2.33. The van der Waals surface area contributed by atoms with Gasteiger partial charge in [0.05, 0.1) is 12.3 Å². The van der Waals surface area contributed by atoms with Crippen molar-refractivity contribution in [1.29, 1.82) is 0 Å². The summed E-state index contributed by atoms with van der Waals surface area (Å²) in [4.78, 5) is 4.53. The molecule has 0 spiro atoms. The number of nitrogens with one attached hydrogen (secondary N) is 1. The van der Waals surface area contributed by atoms with Gasteiger partial charge in [-0.05, 0) is 30.9 Å². The van der Waals surface area contributed by atoms with Crippen LogP contribution < -0.4 is 10.1 Å². The second-order valence-corrected chi connectivity index (χ2v) is 5.93. The van der Waals surface area contributed by atoms with Crippen molar-refractivity contribution in [3.8, 4) is 5.88 Å². The van der Waals surface area contributed by atoms with Gasteiger partial charge in [-0.1, -0.05) is 39.2 Å². The molecule has 1 aromatic heterocycles. The molecule has 0 aliphatic heterocycles. The van der Waals surface area contributed by atoms with E-state index in [1.807, 2.05) is 18.2 Å². The van der Waals surface area contributed by atoms with Gasteiger partial charge in [-0.3, -0.25) is 0 Å². The molecule has 1 N–H and O–H groups in total. The maximum absolute atomic E-state index is 5.74. The molecule has 1 aromatic rings. The maximum atomic E-state index is 5.74. The summed E-state index contributed by atoms with van der Waals surface area (Å²) in [5.41, 5.74) is 1.06. The molecule has 1 saturated carbocycles. The lowest BCUT2D eigenvalue weighted by Crippen LogP contribution is -2.19. The molecule has 0 saturated heterocycles. The lowest BCUT2D eigenvalue weighted by molar-refractivity contribution is 0.217. The summed E-state index contributed by atoms with van der Waals surface area (Å²) in [6.07, 6.45) is 5.35. The number of hydrogen-bond acceptors (Lipinski definition) is 3. The molecule has 0 unspecified atom stereocenters. The molecule has 1 aliphatic carbocycles. The van der Waals surface area contributed by atoms with E-state index in [0.29, 0.717) is 5.92 Å². The van der Waals surface area contributed by atoms with E-state index in [1.165, 1.54) is 25.7 Å². The summed E-state index contributed by atoms with van der Waals surface area (Å²) >= 11 is 0. The lowest BCUT2D eigenvalue weighted by Gasteiger charge is -2.24. The fraction of sp³-hybridized carbons (Fsp3) is 0.688. The standard InChI is InChI=1S/C16H26N2O/c1-13(2)11-17-12-15-7-4-8-16(18-15)19-10-9-14-5-3-6-14/h4,7-8,13-14,17H,3,5-6,9-12H2,1-2H3. The van der Waals surface area contributed by atoms with Gasteiger partial charge in [-0.25, -0.2) is 4.98 Å². The highest BCUT2D eigenvalue weighted by Gasteiger charge is 2.16. The SMILES string of the molecule is CC(C)CNCc1cccc(OCCC2CCC2)n1. The van der Waals surface area contributed by atoms with Crippen LogP contribution in [0.3, 0.4) is 0 Å². The highest BCUT2D eigenvalue weighted by Crippen LogP contribution is 2.29. The molecule has 3 nitrogen and oxygen atoms in total.